The molecular formula is C14H18N2S2. The molecule has 0 fully saturated rings. The Balaban J connectivity index is 1.88. The molecule has 0 saturated heterocycles. The van der Waals surface area contributed by atoms with Crippen LogP contribution in [-0.2, 0) is 0 Å². The fourth-order valence-corrected chi connectivity index (χ4v) is 2.86. The monoisotopic (exact) mass is 278 g/mol. The molecule has 2 nitrogen and oxygen atoms in total. The Labute approximate surface area is 117 Å². The molecule has 0 atom stereocenters. The van der Waals surface area contributed by atoms with Gasteiger partial charge in [-0.15, -0.1) is 11.3 Å². The van der Waals surface area contributed by atoms with Crippen molar-refractivity contribution < 1.29 is 0 Å². The van der Waals surface area contributed by atoms with E-state index in [0.29, 0.717) is 0 Å². The molecule has 0 aliphatic carbocycles. The van der Waals surface area contributed by atoms with Crippen LogP contribution in [0.3, 0.4) is 0 Å². The summed E-state index contributed by atoms with van der Waals surface area (Å²) in [6.07, 6.45) is 6.51. The van der Waals surface area contributed by atoms with Gasteiger partial charge in [0.2, 0.25) is 0 Å². The molecule has 96 valence electrons. The Hall–Kier alpha value is -1.00. The van der Waals surface area contributed by atoms with Crippen molar-refractivity contribution in [2.24, 2.45) is 0 Å². The molecule has 0 spiro atoms. The van der Waals surface area contributed by atoms with E-state index in [4.69, 9.17) is 0 Å². The molecule has 1 aromatic carbocycles. The predicted octanol–water partition coefficient (Wildman–Crippen LogP) is 4.37. The molecule has 0 radical (unpaired) electrons. The number of benzene rings is 1. The minimum absolute atomic E-state index is 1.04. The van der Waals surface area contributed by atoms with E-state index in [9.17, 15) is 0 Å². The Morgan fingerprint density at radius 1 is 1.33 bits per heavy atom. The standard InChI is InChI=1S/C14H18N2S2/c1-17-9-3-2-7-15-13-6-4-5-12(11-13)14-16-8-10-18-14/h4-6,8,10-11,15H,2-3,7,9H2,1H3. The third kappa shape index (κ3) is 4.03. The summed E-state index contributed by atoms with van der Waals surface area (Å²) >= 11 is 3.59. The summed E-state index contributed by atoms with van der Waals surface area (Å²) in [4.78, 5) is 4.34. The first kappa shape index (κ1) is 13.4. The maximum Gasteiger partial charge on any atom is 0.123 e. The van der Waals surface area contributed by atoms with Crippen LogP contribution in [0.1, 0.15) is 12.8 Å². The van der Waals surface area contributed by atoms with Gasteiger partial charge in [0.1, 0.15) is 5.01 Å². The van der Waals surface area contributed by atoms with Crippen molar-refractivity contribution in [1.29, 1.82) is 0 Å². The SMILES string of the molecule is CSCCCCNc1cccc(-c2nccs2)c1. The van der Waals surface area contributed by atoms with Crippen molar-refractivity contribution in [3.63, 3.8) is 0 Å². The molecule has 0 saturated carbocycles. The second-order valence-electron chi connectivity index (χ2n) is 4.04. The third-order valence-electron chi connectivity index (χ3n) is 2.65. The Morgan fingerprint density at radius 3 is 3.06 bits per heavy atom. The number of rotatable bonds is 7. The van der Waals surface area contributed by atoms with Gasteiger partial charge in [-0.2, -0.15) is 11.8 Å². The van der Waals surface area contributed by atoms with Gasteiger partial charge >= 0.3 is 0 Å². The van der Waals surface area contributed by atoms with Gasteiger partial charge in [0.25, 0.3) is 0 Å². The summed E-state index contributed by atoms with van der Waals surface area (Å²) in [6.45, 7) is 1.04. The van der Waals surface area contributed by atoms with Crippen molar-refractivity contribution in [2.45, 2.75) is 12.8 Å². The zero-order valence-electron chi connectivity index (χ0n) is 10.6. The summed E-state index contributed by atoms with van der Waals surface area (Å²) in [5, 5.41) is 6.57. The van der Waals surface area contributed by atoms with Gasteiger partial charge in [-0.25, -0.2) is 4.98 Å². The molecule has 1 aromatic heterocycles. The second-order valence-corrected chi connectivity index (χ2v) is 5.92. The van der Waals surface area contributed by atoms with E-state index >= 15 is 0 Å². The van der Waals surface area contributed by atoms with Crippen molar-refractivity contribution >= 4 is 28.8 Å². The van der Waals surface area contributed by atoms with Crippen LogP contribution in [0.25, 0.3) is 10.6 Å². The molecule has 2 rings (SSSR count). The van der Waals surface area contributed by atoms with E-state index in [1.54, 1.807) is 11.3 Å². The number of nitrogens with zero attached hydrogens (tertiary/aromatic N) is 1. The number of unbranched alkanes of at least 4 members (excludes halogenated alkanes) is 1. The highest BCUT2D eigenvalue weighted by molar-refractivity contribution is 7.98. The van der Waals surface area contributed by atoms with Crippen LogP contribution in [-0.4, -0.2) is 23.5 Å². The maximum atomic E-state index is 4.34. The molecule has 0 unspecified atom stereocenters. The van der Waals surface area contributed by atoms with Crippen LogP contribution in [0, 0.1) is 0 Å². The van der Waals surface area contributed by atoms with Crippen LogP contribution in [0.15, 0.2) is 35.8 Å². The molecule has 1 heterocycles. The first-order chi connectivity index (χ1) is 8.90. The number of thiazole rings is 1. The topological polar surface area (TPSA) is 24.9 Å². The quantitative estimate of drug-likeness (QED) is 0.761. The van der Waals surface area contributed by atoms with E-state index < -0.39 is 0 Å². The summed E-state index contributed by atoms with van der Waals surface area (Å²) in [5.74, 6) is 1.25. The highest BCUT2D eigenvalue weighted by Crippen LogP contribution is 2.24. The van der Waals surface area contributed by atoms with Crippen molar-refractivity contribution in [1.82, 2.24) is 4.98 Å². The molecule has 0 bridgehead atoms. The van der Waals surface area contributed by atoms with Crippen LogP contribution in [0.4, 0.5) is 5.69 Å². The normalized spacial score (nSPS) is 10.5. The molecule has 4 heteroatoms. The lowest BCUT2D eigenvalue weighted by Gasteiger charge is -2.07. The largest absolute Gasteiger partial charge is 0.385 e. The van der Waals surface area contributed by atoms with Crippen LogP contribution in [0.5, 0.6) is 0 Å². The summed E-state index contributed by atoms with van der Waals surface area (Å²) in [5.41, 5.74) is 2.38. The molecule has 1 N–H and O–H groups in total. The number of hydrogen-bond acceptors (Lipinski definition) is 4. The third-order valence-corrected chi connectivity index (χ3v) is 4.17. The molecule has 0 amide bonds. The smallest absolute Gasteiger partial charge is 0.123 e. The van der Waals surface area contributed by atoms with Crippen LogP contribution < -0.4 is 5.32 Å². The van der Waals surface area contributed by atoms with Gasteiger partial charge < -0.3 is 5.32 Å². The highest BCUT2D eigenvalue weighted by atomic mass is 32.2. The van der Waals surface area contributed by atoms with Gasteiger partial charge in [0.15, 0.2) is 0 Å². The van der Waals surface area contributed by atoms with Crippen LogP contribution in [0.2, 0.25) is 0 Å². The van der Waals surface area contributed by atoms with E-state index in [1.807, 2.05) is 23.3 Å². The molecule has 18 heavy (non-hydrogen) atoms. The first-order valence-corrected chi connectivity index (χ1v) is 8.40. The van der Waals surface area contributed by atoms with Crippen molar-refractivity contribution in [2.75, 3.05) is 23.9 Å². The van der Waals surface area contributed by atoms with Gasteiger partial charge in [-0.3, -0.25) is 0 Å². The zero-order valence-corrected chi connectivity index (χ0v) is 12.2. The fourth-order valence-electron chi connectivity index (χ4n) is 1.73. The molecule has 0 aliphatic rings. The average molecular weight is 278 g/mol. The van der Waals surface area contributed by atoms with E-state index in [0.717, 1.165) is 11.6 Å². The number of nitrogens with one attached hydrogen (secondary N) is 1. The van der Waals surface area contributed by atoms with Crippen LogP contribution >= 0.6 is 23.1 Å². The zero-order chi connectivity index (χ0) is 12.6. The first-order valence-electron chi connectivity index (χ1n) is 6.13. The summed E-state index contributed by atoms with van der Waals surface area (Å²) < 4.78 is 0. The lowest BCUT2D eigenvalue weighted by Crippen LogP contribution is -2.01. The molecule has 2 aromatic rings. The van der Waals surface area contributed by atoms with E-state index in [-0.39, 0.29) is 0 Å². The average Bonchev–Trinajstić information content (AvgIpc) is 2.93. The Kier molecular flexibility index (Phi) is 5.55. The molecular weight excluding hydrogens is 260 g/mol. The van der Waals surface area contributed by atoms with Gasteiger partial charge in [-0.05, 0) is 37.0 Å². The van der Waals surface area contributed by atoms with Gasteiger partial charge in [-0.1, -0.05) is 12.1 Å². The van der Waals surface area contributed by atoms with E-state index in [1.165, 1.54) is 29.8 Å². The maximum absolute atomic E-state index is 4.34. The second kappa shape index (κ2) is 7.44. The number of hydrogen-bond donors (Lipinski definition) is 1. The number of anilines is 1. The molecule has 0 aliphatic heterocycles. The minimum atomic E-state index is 1.04. The lowest BCUT2D eigenvalue weighted by atomic mass is 10.2. The highest BCUT2D eigenvalue weighted by Gasteiger charge is 2.00. The Bertz CT molecular complexity index is 455. The van der Waals surface area contributed by atoms with Crippen molar-refractivity contribution in [3.05, 3.63) is 35.8 Å². The number of thioether (sulfide) groups is 1. The lowest BCUT2D eigenvalue weighted by molar-refractivity contribution is 0.843. The van der Waals surface area contributed by atoms with E-state index in [2.05, 4.69) is 40.8 Å². The fraction of sp³-hybridized carbons (Fsp3) is 0.357. The summed E-state index contributed by atoms with van der Waals surface area (Å²) in [7, 11) is 0. The Morgan fingerprint density at radius 2 is 2.28 bits per heavy atom. The summed E-state index contributed by atoms with van der Waals surface area (Å²) in [6, 6.07) is 8.48. The van der Waals surface area contributed by atoms with Gasteiger partial charge in [0, 0.05) is 29.4 Å². The predicted molar refractivity (Wildman–Crippen MR) is 83.7 cm³/mol. The minimum Gasteiger partial charge on any atom is -0.385 e. The number of aromatic nitrogens is 1. The van der Waals surface area contributed by atoms with Gasteiger partial charge in [0.05, 0.1) is 0 Å². The van der Waals surface area contributed by atoms with Crippen molar-refractivity contribution in [3.8, 4) is 10.6 Å².